The van der Waals surface area contributed by atoms with Gasteiger partial charge in [-0.15, -0.1) is 11.6 Å². The number of amides is 3. The number of nitrogens with one attached hydrogen (secondary N) is 1. The van der Waals surface area contributed by atoms with Crippen LogP contribution in [0.15, 0.2) is 30.3 Å². The summed E-state index contributed by atoms with van der Waals surface area (Å²) in [5.74, 6) is 0.0235. The molecular weight excluding hydrogens is 402 g/mol. The molecule has 2 aliphatic heterocycles. The SMILES string of the molecule is CC(c1ccccc1)N1CC(C(=O)N2CCC(NC(=O)C(C)(C)CCl)CC2)CC1=O. The zero-order chi connectivity index (χ0) is 21.9. The smallest absolute Gasteiger partial charge is 0.227 e. The molecular formula is C23H32ClN3O3. The second kappa shape index (κ2) is 9.38. The molecule has 0 saturated carbocycles. The zero-order valence-corrected chi connectivity index (χ0v) is 18.8. The molecule has 164 valence electrons. The van der Waals surface area contributed by atoms with Crippen LogP contribution in [0.5, 0.6) is 0 Å². The molecule has 0 radical (unpaired) electrons. The summed E-state index contributed by atoms with van der Waals surface area (Å²) >= 11 is 5.88. The van der Waals surface area contributed by atoms with Gasteiger partial charge < -0.3 is 15.1 Å². The minimum absolute atomic E-state index is 0.0372. The zero-order valence-electron chi connectivity index (χ0n) is 18.1. The van der Waals surface area contributed by atoms with Gasteiger partial charge in [0.25, 0.3) is 0 Å². The maximum absolute atomic E-state index is 13.0. The van der Waals surface area contributed by atoms with Gasteiger partial charge in [-0.25, -0.2) is 0 Å². The second-order valence-electron chi connectivity index (χ2n) is 9.12. The fourth-order valence-corrected chi connectivity index (χ4v) is 4.25. The summed E-state index contributed by atoms with van der Waals surface area (Å²) in [6.45, 7) is 7.33. The van der Waals surface area contributed by atoms with Crippen LogP contribution in [0, 0.1) is 11.3 Å². The van der Waals surface area contributed by atoms with Crippen LogP contribution < -0.4 is 5.32 Å². The minimum atomic E-state index is -0.600. The lowest BCUT2D eigenvalue weighted by Crippen LogP contribution is -2.50. The Morgan fingerprint density at radius 2 is 1.83 bits per heavy atom. The number of rotatable bonds is 6. The highest BCUT2D eigenvalue weighted by atomic mass is 35.5. The Kier molecular flexibility index (Phi) is 7.06. The number of hydrogen-bond donors (Lipinski definition) is 1. The van der Waals surface area contributed by atoms with E-state index >= 15 is 0 Å². The van der Waals surface area contributed by atoms with Crippen LogP contribution >= 0.6 is 11.6 Å². The number of hydrogen-bond acceptors (Lipinski definition) is 3. The van der Waals surface area contributed by atoms with Crippen molar-refractivity contribution in [2.24, 2.45) is 11.3 Å². The number of alkyl halides is 1. The third-order valence-electron chi connectivity index (χ3n) is 6.35. The van der Waals surface area contributed by atoms with Gasteiger partial charge in [-0.3, -0.25) is 14.4 Å². The maximum atomic E-state index is 13.0. The maximum Gasteiger partial charge on any atom is 0.227 e. The molecule has 2 heterocycles. The Labute approximate surface area is 183 Å². The molecule has 0 spiro atoms. The van der Waals surface area contributed by atoms with Gasteiger partial charge in [0.05, 0.1) is 17.4 Å². The van der Waals surface area contributed by atoms with Crippen LogP contribution in [0.2, 0.25) is 0 Å². The van der Waals surface area contributed by atoms with Crippen LogP contribution in [-0.2, 0) is 14.4 Å². The second-order valence-corrected chi connectivity index (χ2v) is 9.39. The minimum Gasteiger partial charge on any atom is -0.353 e. The van der Waals surface area contributed by atoms with E-state index in [1.54, 1.807) is 0 Å². The summed E-state index contributed by atoms with van der Waals surface area (Å²) in [6, 6.07) is 9.93. The number of carbonyl (C=O) groups excluding carboxylic acids is 3. The number of halogens is 1. The van der Waals surface area contributed by atoms with Gasteiger partial charge in [0, 0.05) is 38.0 Å². The first-order valence-corrected chi connectivity index (χ1v) is 11.3. The molecule has 30 heavy (non-hydrogen) atoms. The summed E-state index contributed by atoms with van der Waals surface area (Å²) in [7, 11) is 0. The Morgan fingerprint density at radius 3 is 2.43 bits per heavy atom. The molecule has 3 amide bonds. The Morgan fingerprint density at radius 1 is 1.20 bits per heavy atom. The summed E-state index contributed by atoms with van der Waals surface area (Å²) in [4.78, 5) is 41.6. The monoisotopic (exact) mass is 433 g/mol. The van der Waals surface area contributed by atoms with Crippen molar-refractivity contribution < 1.29 is 14.4 Å². The molecule has 1 N–H and O–H groups in total. The van der Waals surface area contributed by atoms with Crippen molar-refractivity contribution in [2.75, 3.05) is 25.5 Å². The highest BCUT2D eigenvalue weighted by Crippen LogP contribution is 2.30. The van der Waals surface area contributed by atoms with Crippen molar-refractivity contribution in [3.05, 3.63) is 35.9 Å². The van der Waals surface area contributed by atoms with Gasteiger partial charge in [-0.05, 0) is 39.2 Å². The predicted molar refractivity (Wildman–Crippen MR) is 117 cm³/mol. The van der Waals surface area contributed by atoms with Gasteiger partial charge >= 0.3 is 0 Å². The third-order valence-corrected chi connectivity index (χ3v) is 7.02. The molecule has 7 heteroatoms. The van der Waals surface area contributed by atoms with Crippen molar-refractivity contribution >= 4 is 29.3 Å². The van der Waals surface area contributed by atoms with Gasteiger partial charge in [0.1, 0.15) is 0 Å². The molecule has 2 aliphatic rings. The summed E-state index contributed by atoms with van der Waals surface area (Å²) in [5, 5.41) is 3.06. The average Bonchev–Trinajstić information content (AvgIpc) is 3.15. The molecule has 0 bridgehead atoms. The normalized spacial score (nSPS) is 21.6. The summed E-state index contributed by atoms with van der Waals surface area (Å²) in [6.07, 6.45) is 1.72. The van der Waals surface area contributed by atoms with E-state index in [4.69, 9.17) is 11.6 Å². The summed E-state index contributed by atoms with van der Waals surface area (Å²) in [5.41, 5.74) is 0.479. The Hall–Kier alpha value is -2.08. The quantitative estimate of drug-likeness (QED) is 0.701. The lowest BCUT2D eigenvalue weighted by atomic mass is 9.93. The number of likely N-dealkylation sites (tertiary alicyclic amines) is 2. The van der Waals surface area contributed by atoms with E-state index in [-0.39, 0.29) is 48.0 Å². The van der Waals surface area contributed by atoms with Crippen molar-refractivity contribution in [2.45, 2.75) is 52.1 Å². The molecule has 1 aromatic rings. The number of nitrogens with zero attached hydrogens (tertiary/aromatic N) is 2. The first-order valence-electron chi connectivity index (χ1n) is 10.7. The first kappa shape index (κ1) is 22.6. The predicted octanol–water partition coefficient (Wildman–Crippen LogP) is 2.97. The molecule has 3 rings (SSSR count). The van der Waals surface area contributed by atoms with Crippen LogP contribution in [-0.4, -0.2) is 59.1 Å². The van der Waals surface area contributed by atoms with Gasteiger partial charge in [0.2, 0.25) is 17.7 Å². The number of piperidine rings is 1. The molecule has 0 aromatic heterocycles. The van der Waals surface area contributed by atoms with Crippen LogP contribution in [0.1, 0.15) is 51.6 Å². The van der Waals surface area contributed by atoms with Crippen molar-refractivity contribution in [3.63, 3.8) is 0 Å². The van der Waals surface area contributed by atoms with E-state index in [9.17, 15) is 14.4 Å². The van der Waals surface area contributed by atoms with Crippen LogP contribution in [0.4, 0.5) is 0 Å². The molecule has 2 fully saturated rings. The van der Waals surface area contributed by atoms with E-state index in [1.165, 1.54) is 0 Å². The van der Waals surface area contributed by atoms with Crippen molar-refractivity contribution in [1.82, 2.24) is 15.1 Å². The fourth-order valence-electron chi connectivity index (χ4n) is 4.13. The Bertz CT molecular complexity index is 775. The number of benzene rings is 1. The molecule has 1 aromatic carbocycles. The Balaban J connectivity index is 1.52. The van der Waals surface area contributed by atoms with Crippen molar-refractivity contribution in [3.8, 4) is 0 Å². The molecule has 2 unspecified atom stereocenters. The molecule has 6 nitrogen and oxygen atoms in total. The molecule has 2 saturated heterocycles. The fraction of sp³-hybridized carbons (Fsp3) is 0.609. The highest BCUT2D eigenvalue weighted by Gasteiger charge is 2.39. The lowest BCUT2D eigenvalue weighted by molar-refractivity contribution is -0.137. The van der Waals surface area contributed by atoms with E-state index in [1.807, 2.05) is 60.9 Å². The third kappa shape index (κ3) is 4.97. The highest BCUT2D eigenvalue weighted by molar-refractivity contribution is 6.19. The van der Waals surface area contributed by atoms with E-state index in [0.717, 1.165) is 18.4 Å². The molecule has 0 aliphatic carbocycles. The topological polar surface area (TPSA) is 69.7 Å². The largest absolute Gasteiger partial charge is 0.353 e. The number of carbonyl (C=O) groups is 3. The van der Waals surface area contributed by atoms with Crippen molar-refractivity contribution in [1.29, 1.82) is 0 Å². The lowest BCUT2D eigenvalue weighted by Gasteiger charge is -2.35. The first-order chi connectivity index (χ1) is 14.2. The average molecular weight is 434 g/mol. The standard InChI is InChI=1S/C23H32ClN3O3/c1-16(17-7-5-4-6-8-17)27-14-18(13-20(27)28)21(29)26-11-9-19(10-12-26)25-22(30)23(2,3)15-24/h4-8,16,18-19H,9-15H2,1-3H3,(H,25,30). The van der Waals surface area contributed by atoms with Gasteiger partial charge in [-0.1, -0.05) is 30.3 Å². The molecule has 2 atom stereocenters. The summed E-state index contributed by atoms with van der Waals surface area (Å²) < 4.78 is 0. The van der Waals surface area contributed by atoms with Crippen LogP contribution in [0.3, 0.4) is 0 Å². The van der Waals surface area contributed by atoms with E-state index < -0.39 is 5.41 Å². The van der Waals surface area contributed by atoms with E-state index in [2.05, 4.69) is 5.32 Å². The van der Waals surface area contributed by atoms with Gasteiger partial charge in [-0.2, -0.15) is 0 Å². The van der Waals surface area contributed by atoms with Crippen LogP contribution in [0.25, 0.3) is 0 Å². The van der Waals surface area contributed by atoms with E-state index in [0.29, 0.717) is 19.6 Å². The van der Waals surface area contributed by atoms with Gasteiger partial charge in [0.15, 0.2) is 0 Å².